The fourth-order valence-electron chi connectivity index (χ4n) is 3.03. The highest BCUT2D eigenvalue weighted by molar-refractivity contribution is 7.11. The summed E-state index contributed by atoms with van der Waals surface area (Å²) < 4.78 is 0. The average Bonchev–Trinajstić information content (AvgIpc) is 2.87. The van der Waals surface area contributed by atoms with E-state index in [4.69, 9.17) is 0 Å². The molecular formula is C20H36S. The van der Waals surface area contributed by atoms with E-state index in [0.717, 1.165) is 11.8 Å². The SMILES string of the molecule is CCCCCCC(CCCC)Cc1ccc(CC(C)C)s1. The van der Waals surface area contributed by atoms with E-state index in [2.05, 4.69) is 51.2 Å². The molecule has 21 heavy (non-hydrogen) atoms. The molecule has 0 aromatic carbocycles. The third-order valence-electron chi connectivity index (χ3n) is 4.25. The molecule has 1 rings (SSSR count). The normalized spacial score (nSPS) is 13.0. The molecule has 0 spiro atoms. The van der Waals surface area contributed by atoms with E-state index in [-0.39, 0.29) is 0 Å². The van der Waals surface area contributed by atoms with Crippen molar-refractivity contribution in [3.63, 3.8) is 0 Å². The van der Waals surface area contributed by atoms with Crippen LogP contribution in [0, 0.1) is 11.8 Å². The quantitative estimate of drug-likeness (QED) is 0.356. The predicted octanol–water partition coefficient (Wildman–Crippen LogP) is 7.27. The van der Waals surface area contributed by atoms with Gasteiger partial charge in [-0.1, -0.05) is 79.1 Å². The standard InChI is InChI=1S/C20H36S/c1-5-7-9-10-12-18(11-8-6-2)16-20-14-13-19(21-20)15-17(3)4/h13-14,17-18H,5-12,15-16H2,1-4H3. The fourth-order valence-corrected chi connectivity index (χ4v) is 4.37. The van der Waals surface area contributed by atoms with Gasteiger partial charge in [0.1, 0.15) is 0 Å². The van der Waals surface area contributed by atoms with E-state index in [9.17, 15) is 0 Å². The molecule has 1 heterocycles. The molecule has 0 nitrogen and oxygen atoms in total. The largest absolute Gasteiger partial charge is 0.145 e. The Morgan fingerprint density at radius 2 is 1.43 bits per heavy atom. The average molecular weight is 309 g/mol. The summed E-state index contributed by atoms with van der Waals surface area (Å²) in [5.74, 6) is 1.70. The van der Waals surface area contributed by atoms with Gasteiger partial charge in [-0.05, 0) is 36.8 Å². The van der Waals surface area contributed by atoms with Gasteiger partial charge in [-0.15, -0.1) is 11.3 Å². The van der Waals surface area contributed by atoms with Crippen LogP contribution in [0.1, 0.15) is 88.8 Å². The minimum Gasteiger partial charge on any atom is -0.145 e. The lowest BCUT2D eigenvalue weighted by atomic mass is 9.92. The molecule has 0 bridgehead atoms. The number of rotatable bonds is 12. The zero-order valence-corrected chi connectivity index (χ0v) is 15.6. The predicted molar refractivity (Wildman–Crippen MR) is 98.3 cm³/mol. The molecule has 0 radical (unpaired) electrons. The first-order valence-electron chi connectivity index (χ1n) is 9.23. The maximum absolute atomic E-state index is 2.40. The van der Waals surface area contributed by atoms with Crippen LogP contribution in [-0.2, 0) is 12.8 Å². The Labute approximate surface area is 137 Å². The molecule has 0 amide bonds. The summed E-state index contributed by atoms with van der Waals surface area (Å²) in [7, 11) is 0. The van der Waals surface area contributed by atoms with Crippen molar-refractivity contribution in [2.24, 2.45) is 11.8 Å². The first kappa shape index (κ1) is 18.7. The van der Waals surface area contributed by atoms with Crippen molar-refractivity contribution >= 4 is 11.3 Å². The van der Waals surface area contributed by atoms with Gasteiger partial charge >= 0.3 is 0 Å². The van der Waals surface area contributed by atoms with E-state index < -0.39 is 0 Å². The van der Waals surface area contributed by atoms with Gasteiger partial charge in [0.25, 0.3) is 0 Å². The highest BCUT2D eigenvalue weighted by atomic mass is 32.1. The Morgan fingerprint density at radius 1 is 0.810 bits per heavy atom. The van der Waals surface area contributed by atoms with E-state index in [0.29, 0.717) is 0 Å². The van der Waals surface area contributed by atoms with Crippen LogP contribution in [0.2, 0.25) is 0 Å². The number of hydrogen-bond donors (Lipinski definition) is 0. The van der Waals surface area contributed by atoms with Crippen LogP contribution < -0.4 is 0 Å². The Morgan fingerprint density at radius 3 is 2.05 bits per heavy atom. The second-order valence-electron chi connectivity index (χ2n) is 7.03. The zero-order chi connectivity index (χ0) is 15.5. The van der Waals surface area contributed by atoms with E-state index >= 15 is 0 Å². The van der Waals surface area contributed by atoms with Gasteiger partial charge in [-0.25, -0.2) is 0 Å². The van der Waals surface area contributed by atoms with Crippen molar-refractivity contribution in [1.82, 2.24) is 0 Å². The van der Waals surface area contributed by atoms with Crippen LogP contribution in [0.4, 0.5) is 0 Å². The van der Waals surface area contributed by atoms with Crippen molar-refractivity contribution in [2.45, 2.75) is 91.9 Å². The molecule has 0 aliphatic rings. The third-order valence-corrected chi connectivity index (χ3v) is 5.38. The molecule has 1 aromatic rings. The van der Waals surface area contributed by atoms with E-state index in [1.165, 1.54) is 64.2 Å². The molecule has 0 N–H and O–H groups in total. The minimum atomic E-state index is 0.779. The summed E-state index contributed by atoms with van der Waals surface area (Å²) in [4.78, 5) is 3.21. The smallest absolute Gasteiger partial charge is 0.00509 e. The first-order chi connectivity index (χ1) is 10.2. The first-order valence-corrected chi connectivity index (χ1v) is 10.0. The van der Waals surface area contributed by atoms with Gasteiger partial charge < -0.3 is 0 Å². The maximum atomic E-state index is 2.40. The van der Waals surface area contributed by atoms with Crippen LogP contribution in [0.25, 0.3) is 0 Å². The van der Waals surface area contributed by atoms with Gasteiger partial charge in [-0.2, -0.15) is 0 Å². The zero-order valence-electron chi connectivity index (χ0n) is 14.8. The summed E-state index contributed by atoms with van der Waals surface area (Å²) in [5, 5.41) is 0. The maximum Gasteiger partial charge on any atom is 0.00509 e. The topological polar surface area (TPSA) is 0 Å². The highest BCUT2D eigenvalue weighted by Gasteiger charge is 2.11. The molecule has 0 saturated heterocycles. The number of unbranched alkanes of at least 4 members (excludes halogenated alkanes) is 4. The second kappa shape index (κ2) is 11.3. The lowest BCUT2D eigenvalue weighted by Crippen LogP contribution is -2.04. The molecule has 0 aliphatic carbocycles. The van der Waals surface area contributed by atoms with Crippen LogP contribution in [0.15, 0.2) is 12.1 Å². The Bertz CT molecular complexity index is 350. The number of hydrogen-bond acceptors (Lipinski definition) is 1. The van der Waals surface area contributed by atoms with Crippen molar-refractivity contribution in [3.05, 3.63) is 21.9 Å². The van der Waals surface area contributed by atoms with Gasteiger partial charge in [-0.3, -0.25) is 0 Å². The molecule has 1 aromatic heterocycles. The highest BCUT2D eigenvalue weighted by Crippen LogP contribution is 2.27. The van der Waals surface area contributed by atoms with Gasteiger partial charge in [0.15, 0.2) is 0 Å². The lowest BCUT2D eigenvalue weighted by Gasteiger charge is -2.15. The lowest BCUT2D eigenvalue weighted by molar-refractivity contribution is 0.412. The molecular weight excluding hydrogens is 272 g/mol. The van der Waals surface area contributed by atoms with Crippen LogP contribution >= 0.6 is 11.3 Å². The molecule has 1 atom stereocenters. The molecule has 122 valence electrons. The molecule has 0 fully saturated rings. The Hall–Kier alpha value is -0.300. The fraction of sp³-hybridized carbons (Fsp3) is 0.800. The van der Waals surface area contributed by atoms with Crippen molar-refractivity contribution in [3.8, 4) is 0 Å². The minimum absolute atomic E-state index is 0.779. The van der Waals surface area contributed by atoms with Crippen LogP contribution in [0.5, 0.6) is 0 Å². The molecule has 1 unspecified atom stereocenters. The summed E-state index contributed by atoms with van der Waals surface area (Å²) in [6.07, 6.45) is 13.8. The third kappa shape index (κ3) is 8.66. The van der Waals surface area contributed by atoms with Crippen molar-refractivity contribution in [1.29, 1.82) is 0 Å². The molecule has 0 saturated carbocycles. The van der Waals surface area contributed by atoms with E-state index in [1.807, 2.05) is 0 Å². The van der Waals surface area contributed by atoms with Crippen molar-refractivity contribution < 1.29 is 0 Å². The van der Waals surface area contributed by atoms with E-state index in [1.54, 1.807) is 9.75 Å². The summed E-state index contributed by atoms with van der Waals surface area (Å²) in [5.41, 5.74) is 0. The van der Waals surface area contributed by atoms with Crippen LogP contribution in [0.3, 0.4) is 0 Å². The van der Waals surface area contributed by atoms with Crippen molar-refractivity contribution in [2.75, 3.05) is 0 Å². The molecule has 0 aliphatic heterocycles. The summed E-state index contributed by atoms with van der Waals surface area (Å²) in [6, 6.07) is 4.77. The van der Waals surface area contributed by atoms with Crippen LogP contribution in [-0.4, -0.2) is 0 Å². The summed E-state index contributed by atoms with van der Waals surface area (Å²) in [6.45, 7) is 9.25. The number of thiophene rings is 1. The molecule has 1 heteroatoms. The van der Waals surface area contributed by atoms with Gasteiger partial charge in [0.2, 0.25) is 0 Å². The monoisotopic (exact) mass is 308 g/mol. The second-order valence-corrected chi connectivity index (χ2v) is 8.28. The van der Waals surface area contributed by atoms with Gasteiger partial charge in [0, 0.05) is 9.75 Å². The Balaban J connectivity index is 2.44. The van der Waals surface area contributed by atoms with Gasteiger partial charge in [0.05, 0.1) is 0 Å². The summed E-state index contributed by atoms with van der Waals surface area (Å²) >= 11 is 2.07. The Kier molecular flexibility index (Phi) is 10.1.